The number of thiazole rings is 1. The Morgan fingerprint density at radius 3 is 1.82 bits per heavy atom. The first-order chi connectivity index (χ1) is 29.8. The summed E-state index contributed by atoms with van der Waals surface area (Å²) in [6, 6.07) is 47.2. The molecule has 3 N–H and O–H groups in total. The van der Waals surface area contributed by atoms with Gasteiger partial charge in [0.2, 0.25) is 0 Å². The third kappa shape index (κ3) is 8.27. The van der Waals surface area contributed by atoms with E-state index in [1.165, 1.54) is 34.9 Å². The second kappa shape index (κ2) is 18.1. The molecule has 1 saturated heterocycles. The van der Waals surface area contributed by atoms with Gasteiger partial charge in [0.25, 0.3) is 11.8 Å². The number of carbonyl (C=O) groups is 4. The van der Waals surface area contributed by atoms with Crippen molar-refractivity contribution >= 4 is 57.7 Å². The fourth-order valence-electron chi connectivity index (χ4n) is 7.52. The summed E-state index contributed by atoms with van der Waals surface area (Å²) in [5.41, 5.74) is 3.37. The monoisotopic (exact) mass is 849 g/mol. The van der Waals surface area contributed by atoms with Crippen molar-refractivity contribution < 1.29 is 33.9 Å². The Morgan fingerprint density at radius 2 is 1.33 bits per heavy atom. The van der Waals surface area contributed by atoms with Crippen LogP contribution in [0.25, 0.3) is 0 Å². The van der Waals surface area contributed by atoms with E-state index in [-0.39, 0.29) is 23.8 Å². The number of nitrogens with zero attached hydrogens (tertiary/aromatic N) is 3. The highest BCUT2D eigenvalue weighted by Crippen LogP contribution is 2.43. The van der Waals surface area contributed by atoms with Crippen LogP contribution in [-0.4, -0.2) is 68.3 Å². The second-order valence-corrected chi connectivity index (χ2v) is 16.1. The van der Waals surface area contributed by atoms with Crippen molar-refractivity contribution in [3.05, 3.63) is 202 Å². The number of ether oxygens (including phenoxy) is 2. The number of nitrogens with one attached hydrogen (secondary N) is 2. The summed E-state index contributed by atoms with van der Waals surface area (Å²) in [5.74, 6) is -2.58. The maximum absolute atomic E-state index is 14.2. The van der Waals surface area contributed by atoms with E-state index in [0.717, 1.165) is 16.7 Å². The quantitative estimate of drug-likeness (QED) is 0.0254. The maximum Gasteiger partial charge on any atom is 0.356 e. The molecule has 0 saturated carbocycles. The van der Waals surface area contributed by atoms with Gasteiger partial charge < -0.3 is 25.3 Å². The lowest BCUT2D eigenvalue weighted by atomic mass is 9.77. The predicted molar refractivity (Wildman–Crippen MR) is 233 cm³/mol. The Labute approximate surface area is 359 Å². The zero-order chi connectivity index (χ0) is 42.3. The van der Waals surface area contributed by atoms with Crippen molar-refractivity contribution in [1.29, 1.82) is 0 Å². The van der Waals surface area contributed by atoms with Crippen LogP contribution in [0.4, 0.5) is 5.13 Å². The maximum atomic E-state index is 14.2. The van der Waals surface area contributed by atoms with Crippen LogP contribution < -0.4 is 10.6 Å². The van der Waals surface area contributed by atoms with Crippen LogP contribution in [0.3, 0.4) is 0 Å². The Hall–Kier alpha value is -7.03. The van der Waals surface area contributed by atoms with E-state index in [1.807, 2.05) is 152 Å². The van der Waals surface area contributed by atoms with Crippen molar-refractivity contribution in [2.75, 3.05) is 17.7 Å². The van der Waals surface area contributed by atoms with Crippen molar-refractivity contribution in [1.82, 2.24) is 15.2 Å². The zero-order valence-corrected chi connectivity index (χ0v) is 34.3. The number of hydrogen-bond acceptors (Lipinski definition) is 12. The summed E-state index contributed by atoms with van der Waals surface area (Å²) in [4.78, 5) is 59.9. The molecule has 306 valence electrons. The van der Waals surface area contributed by atoms with Gasteiger partial charge in [0.05, 0.1) is 0 Å². The largest absolute Gasteiger partial charge is 0.461 e. The van der Waals surface area contributed by atoms with Gasteiger partial charge in [-0.05, 0) is 27.8 Å². The molecule has 14 heteroatoms. The van der Waals surface area contributed by atoms with E-state index >= 15 is 0 Å². The second-order valence-electron chi connectivity index (χ2n) is 14.2. The van der Waals surface area contributed by atoms with E-state index in [9.17, 15) is 24.4 Å². The first-order valence-corrected chi connectivity index (χ1v) is 21.3. The number of amides is 2. The van der Waals surface area contributed by atoms with Crippen LogP contribution in [0.2, 0.25) is 0 Å². The van der Waals surface area contributed by atoms with Gasteiger partial charge in [-0.3, -0.25) is 19.3 Å². The van der Waals surface area contributed by atoms with E-state index in [0.29, 0.717) is 21.8 Å². The third-order valence-electron chi connectivity index (χ3n) is 10.4. The molecule has 0 bridgehead atoms. The molecule has 5 aromatic carbocycles. The van der Waals surface area contributed by atoms with Crippen molar-refractivity contribution in [2.24, 2.45) is 5.16 Å². The highest BCUT2D eigenvalue weighted by molar-refractivity contribution is 8.00. The van der Waals surface area contributed by atoms with Crippen LogP contribution in [0.1, 0.15) is 46.5 Å². The number of thioether (sulfide) groups is 1. The molecule has 1 aromatic heterocycles. The molecule has 8 rings (SSSR count). The normalized spacial score (nSPS) is 16.3. The lowest BCUT2D eigenvalue weighted by Crippen LogP contribution is -2.71. The minimum absolute atomic E-state index is 0.0534. The summed E-state index contributed by atoms with van der Waals surface area (Å²) >= 11 is 2.51. The number of anilines is 1. The number of rotatable bonds is 14. The minimum Gasteiger partial charge on any atom is -0.461 e. The Balaban J connectivity index is 1.04. The molecule has 0 radical (unpaired) electrons. The van der Waals surface area contributed by atoms with Crippen LogP contribution >= 0.6 is 23.1 Å². The molecule has 1 fully saturated rings. The van der Waals surface area contributed by atoms with E-state index in [4.69, 9.17) is 14.5 Å². The number of β-lactam (4-membered cyclic amide) rings is 1. The molecule has 2 atom stereocenters. The number of benzene rings is 5. The summed E-state index contributed by atoms with van der Waals surface area (Å²) in [7, 11) is 0. The Morgan fingerprint density at radius 1 is 0.820 bits per heavy atom. The smallest absolute Gasteiger partial charge is 0.356 e. The molecule has 0 spiro atoms. The zero-order valence-electron chi connectivity index (χ0n) is 32.7. The van der Waals surface area contributed by atoms with Gasteiger partial charge in [0.1, 0.15) is 35.0 Å². The molecule has 2 aliphatic rings. The van der Waals surface area contributed by atoms with Crippen molar-refractivity contribution in [3.63, 3.8) is 0 Å². The summed E-state index contributed by atoms with van der Waals surface area (Å²) in [6.45, 7) is 1.02. The topological polar surface area (TPSA) is 160 Å². The average molecular weight is 850 g/mol. The molecule has 0 aliphatic carbocycles. The van der Waals surface area contributed by atoms with Crippen molar-refractivity contribution in [2.45, 2.75) is 30.0 Å². The highest BCUT2D eigenvalue weighted by atomic mass is 32.2. The molecule has 6 aromatic rings. The Bertz CT molecular complexity index is 2450. The Kier molecular flexibility index (Phi) is 12.1. The van der Waals surface area contributed by atoms with E-state index < -0.39 is 52.5 Å². The van der Waals surface area contributed by atoms with Gasteiger partial charge >= 0.3 is 11.9 Å². The minimum atomic E-state index is -1.09. The fourth-order valence-corrected chi connectivity index (χ4v) is 9.60. The number of fused-ring (bicyclic) bond motifs is 1. The van der Waals surface area contributed by atoms with Crippen LogP contribution in [0.5, 0.6) is 0 Å². The van der Waals surface area contributed by atoms with E-state index in [1.54, 1.807) is 5.38 Å². The lowest BCUT2D eigenvalue weighted by Gasteiger charge is -2.49. The van der Waals surface area contributed by atoms with Crippen LogP contribution in [-0.2, 0) is 34.2 Å². The number of oxime groups is 1. The molecule has 2 amide bonds. The number of carbonyl (C=O) groups excluding carboxylic acids is 4. The standard InChI is InChI=1S/C47H39N5O7S2/c1-30(53)58-27-33-28-60-44-39(43(55)52(44)40(33)45(56)59-41(31-17-7-2-8-18-31)32-19-9-3-10-20-32)49-42(54)38(51-57)37-29-61-46(48-37)50-47(34-21-11-4-12-22-34,35-23-13-5-14-24-35)36-25-15-6-16-26-36/h2-26,29,39,41,44,57H,27-28H2,1H3,(H,48,50)(H,49,54)/t39?,44-/m1/s1. The van der Waals surface area contributed by atoms with Gasteiger partial charge in [0.15, 0.2) is 16.9 Å². The molecule has 61 heavy (non-hydrogen) atoms. The number of esters is 2. The van der Waals surface area contributed by atoms with Gasteiger partial charge in [-0.15, -0.1) is 23.1 Å². The van der Waals surface area contributed by atoms with Gasteiger partial charge in [-0.2, -0.15) is 0 Å². The van der Waals surface area contributed by atoms with Gasteiger partial charge in [-0.1, -0.05) is 157 Å². The predicted octanol–water partition coefficient (Wildman–Crippen LogP) is 7.28. The average Bonchev–Trinajstić information content (AvgIpc) is 3.77. The summed E-state index contributed by atoms with van der Waals surface area (Å²) in [6.07, 6.45) is -0.809. The molecular formula is C47H39N5O7S2. The van der Waals surface area contributed by atoms with Crippen LogP contribution in [0, 0.1) is 0 Å². The lowest BCUT2D eigenvalue weighted by molar-refractivity contribution is -0.154. The van der Waals surface area contributed by atoms with Gasteiger partial charge in [0, 0.05) is 23.6 Å². The first-order valence-electron chi connectivity index (χ1n) is 19.3. The third-order valence-corrected chi connectivity index (χ3v) is 12.5. The number of aromatic nitrogens is 1. The molecule has 1 unspecified atom stereocenters. The molecular weight excluding hydrogens is 811 g/mol. The number of hydrogen-bond donors (Lipinski definition) is 3. The fraction of sp³-hybridized carbons (Fsp3) is 0.149. The van der Waals surface area contributed by atoms with Gasteiger partial charge in [-0.25, -0.2) is 9.78 Å². The summed E-state index contributed by atoms with van der Waals surface area (Å²) in [5, 5.41) is 21.2. The molecule has 3 heterocycles. The summed E-state index contributed by atoms with van der Waals surface area (Å²) < 4.78 is 11.5. The molecule has 2 aliphatic heterocycles. The SMILES string of the molecule is CC(=O)OCC1=C(C(=O)OC(c2ccccc2)c2ccccc2)N2C(=O)C(NC(=O)C(=NO)c3csc(NC(c4ccccc4)(c4ccccc4)c4ccccc4)n3)[C@H]2SC1. The van der Waals surface area contributed by atoms with Crippen molar-refractivity contribution in [3.8, 4) is 0 Å². The highest BCUT2D eigenvalue weighted by Gasteiger charge is 2.55. The molecule has 12 nitrogen and oxygen atoms in total. The first kappa shape index (κ1) is 40.7. The van der Waals surface area contributed by atoms with Crippen LogP contribution in [0.15, 0.2) is 173 Å². The van der Waals surface area contributed by atoms with E-state index in [2.05, 4.69) is 15.8 Å².